The van der Waals surface area contributed by atoms with Crippen LogP contribution in [-0.4, -0.2) is 36.6 Å². The maximum Gasteiger partial charge on any atom is 0.0221 e. The predicted molar refractivity (Wildman–Crippen MR) is 60.4 cm³/mol. The Balaban J connectivity index is 1.82. The molecule has 0 radical (unpaired) electrons. The molecule has 80 valence electrons. The van der Waals surface area contributed by atoms with Gasteiger partial charge in [0, 0.05) is 25.2 Å². The molecular weight excluding hydrogens is 172 g/mol. The first-order valence-corrected chi connectivity index (χ1v) is 5.89. The van der Waals surface area contributed by atoms with Crippen LogP contribution in [0.5, 0.6) is 0 Å². The van der Waals surface area contributed by atoms with Crippen LogP contribution in [0.4, 0.5) is 0 Å². The van der Waals surface area contributed by atoms with E-state index in [2.05, 4.69) is 23.7 Å². The molecule has 2 atom stereocenters. The Hall–Kier alpha value is -0.340. The van der Waals surface area contributed by atoms with E-state index < -0.39 is 0 Å². The molecule has 2 rings (SSSR count). The molecule has 2 aliphatic rings. The van der Waals surface area contributed by atoms with E-state index >= 15 is 0 Å². The number of hydrogen-bond acceptors (Lipinski definition) is 2. The van der Waals surface area contributed by atoms with Crippen LogP contribution in [0.2, 0.25) is 0 Å². The van der Waals surface area contributed by atoms with Crippen molar-refractivity contribution >= 4 is 0 Å². The van der Waals surface area contributed by atoms with Crippen molar-refractivity contribution in [3.63, 3.8) is 0 Å². The van der Waals surface area contributed by atoms with Crippen LogP contribution in [0.15, 0.2) is 12.7 Å². The average Bonchev–Trinajstić information content (AvgIpc) is 2.93. The van der Waals surface area contributed by atoms with E-state index in [1.165, 1.54) is 32.4 Å². The smallest absolute Gasteiger partial charge is 0.0221 e. The summed E-state index contributed by atoms with van der Waals surface area (Å²) in [6.07, 6.45) is 6.18. The molecule has 1 saturated carbocycles. The minimum Gasteiger partial charge on any atom is -0.312 e. The van der Waals surface area contributed by atoms with E-state index in [9.17, 15) is 0 Å². The molecule has 1 aliphatic heterocycles. The van der Waals surface area contributed by atoms with Gasteiger partial charge in [-0.3, -0.25) is 4.90 Å². The minimum absolute atomic E-state index is 0.718. The van der Waals surface area contributed by atoms with Gasteiger partial charge in [-0.05, 0) is 31.7 Å². The second-order valence-electron chi connectivity index (χ2n) is 4.80. The summed E-state index contributed by atoms with van der Waals surface area (Å²) in [4.78, 5) is 2.59. The minimum atomic E-state index is 0.718. The fraction of sp³-hybridized carbons (Fsp3) is 0.833. The zero-order chi connectivity index (χ0) is 9.97. The molecule has 1 saturated heterocycles. The Bertz CT molecular complexity index is 198. The molecule has 0 amide bonds. The molecule has 2 unspecified atom stereocenters. The Labute approximate surface area is 87.4 Å². The van der Waals surface area contributed by atoms with E-state index in [1.54, 1.807) is 0 Å². The van der Waals surface area contributed by atoms with Crippen molar-refractivity contribution in [2.24, 2.45) is 5.92 Å². The largest absolute Gasteiger partial charge is 0.312 e. The molecule has 0 spiro atoms. The quantitative estimate of drug-likeness (QED) is 0.669. The van der Waals surface area contributed by atoms with Crippen molar-refractivity contribution < 1.29 is 0 Å². The predicted octanol–water partition coefficient (Wildman–Crippen LogP) is 1.63. The van der Waals surface area contributed by atoms with E-state index in [1.807, 2.05) is 6.08 Å². The van der Waals surface area contributed by atoms with Crippen molar-refractivity contribution in [1.82, 2.24) is 10.2 Å². The van der Waals surface area contributed by atoms with Gasteiger partial charge >= 0.3 is 0 Å². The first-order chi connectivity index (χ1) is 6.81. The van der Waals surface area contributed by atoms with Gasteiger partial charge in [0.05, 0.1) is 0 Å². The third-order valence-corrected chi connectivity index (χ3v) is 3.55. The summed E-state index contributed by atoms with van der Waals surface area (Å²) in [6.45, 7) is 9.70. The first-order valence-electron chi connectivity index (χ1n) is 5.89. The standard InChI is InChI=1S/C12H22N2/c1-3-8-14(11-4-5-11)9-12-10(2)6-7-13-12/h3,10-13H,1,4-9H2,2H3. The summed E-state index contributed by atoms with van der Waals surface area (Å²) in [5.41, 5.74) is 0. The van der Waals surface area contributed by atoms with E-state index in [4.69, 9.17) is 0 Å². The Morgan fingerprint density at radius 1 is 1.43 bits per heavy atom. The number of nitrogens with one attached hydrogen (secondary N) is 1. The van der Waals surface area contributed by atoms with Gasteiger partial charge in [0.2, 0.25) is 0 Å². The topological polar surface area (TPSA) is 15.3 Å². The van der Waals surface area contributed by atoms with Gasteiger partial charge in [0.25, 0.3) is 0 Å². The molecule has 2 fully saturated rings. The van der Waals surface area contributed by atoms with Gasteiger partial charge < -0.3 is 5.32 Å². The van der Waals surface area contributed by atoms with Crippen molar-refractivity contribution in [3.8, 4) is 0 Å². The zero-order valence-electron chi connectivity index (χ0n) is 9.21. The highest BCUT2D eigenvalue weighted by atomic mass is 15.2. The normalized spacial score (nSPS) is 32.4. The van der Waals surface area contributed by atoms with Crippen LogP contribution in [0.3, 0.4) is 0 Å². The number of hydrogen-bond donors (Lipinski definition) is 1. The van der Waals surface area contributed by atoms with Crippen molar-refractivity contribution in [3.05, 3.63) is 12.7 Å². The van der Waals surface area contributed by atoms with Crippen LogP contribution in [0, 0.1) is 5.92 Å². The van der Waals surface area contributed by atoms with Crippen molar-refractivity contribution in [2.45, 2.75) is 38.3 Å². The van der Waals surface area contributed by atoms with Gasteiger partial charge in [0.1, 0.15) is 0 Å². The molecule has 1 aliphatic carbocycles. The maximum absolute atomic E-state index is 3.84. The summed E-state index contributed by atoms with van der Waals surface area (Å²) >= 11 is 0. The fourth-order valence-electron chi connectivity index (χ4n) is 2.37. The van der Waals surface area contributed by atoms with Crippen LogP contribution in [0.1, 0.15) is 26.2 Å². The summed E-state index contributed by atoms with van der Waals surface area (Å²) in [7, 11) is 0. The summed E-state index contributed by atoms with van der Waals surface area (Å²) in [5, 5.41) is 3.60. The number of rotatable bonds is 5. The Kier molecular flexibility index (Phi) is 3.24. The second-order valence-corrected chi connectivity index (χ2v) is 4.80. The van der Waals surface area contributed by atoms with Crippen molar-refractivity contribution in [2.75, 3.05) is 19.6 Å². The fourth-order valence-corrected chi connectivity index (χ4v) is 2.37. The highest BCUT2D eigenvalue weighted by molar-refractivity contribution is 4.92. The molecular formula is C12H22N2. The Morgan fingerprint density at radius 3 is 2.71 bits per heavy atom. The van der Waals surface area contributed by atoms with Gasteiger partial charge in [-0.1, -0.05) is 13.0 Å². The average molecular weight is 194 g/mol. The lowest BCUT2D eigenvalue weighted by Crippen LogP contribution is -2.41. The molecule has 0 bridgehead atoms. The molecule has 1 N–H and O–H groups in total. The zero-order valence-corrected chi connectivity index (χ0v) is 9.21. The maximum atomic E-state index is 3.84. The monoisotopic (exact) mass is 194 g/mol. The van der Waals surface area contributed by atoms with E-state index in [0.29, 0.717) is 0 Å². The second kappa shape index (κ2) is 4.45. The van der Waals surface area contributed by atoms with Crippen LogP contribution >= 0.6 is 0 Å². The van der Waals surface area contributed by atoms with Gasteiger partial charge in [-0.15, -0.1) is 6.58 Å². The summed E-state index contributed by atoms with van der Waals surface area (Å²) in [6, 6.07) is 1.58. The SMILES string of the molecule is C=CCN(CC1NCCC1C)C1CC1. The third kappa shape index (κ3) is 2.37. The third-order valence-electron chi connectivity index (χ3n) is 3.55. The lowest BCUT2D eigenvalue weighted by molar-refractivity contribution is 0.246. The summed E-state index contributed by atoms with van der Waals surface area (Å²) < 4.78 is 0. The summed E-state index contributed by atoms with van der Waals surface area (Å²) in [5.74, 6) is 0.848. The van der Waals surface area contributed by atoms with Crippen molar-refractivity contribution in [1.29, 1.82) is 0 Å². The molecule has 14 heavy (non-hydrogen) atoms. The lowest BCUT2D eigenvalue weighted by atomic mass is 10.0. The first kappa shape index (κ1) is 10.2. The van der Waals surface area contributed by atoms with Gasteiger partial charge in [-0.25, -0.2) is 0 Å². The Morgan fingerprint density at radius 2 is 2.21 bits per heavy atom. The molecule has 2 heteroatoms. The highest BCUT2D eigenvalue weighted by Crippen LogP contribution is 2.28. The lowest BCUT2D eigenvalue weighted by Gasteiger charge is -2.26. The molecule has 1 heterocycles. The molecule has 0 aromatic carbocycles. The van der Waals surface area contributed by atoms with Gasteiger partial charge in [-0.2, -0.15) is 0 Å². The van der Waals surface area contributed by atoms with E-state index in [-0.39, 0.29) is 0 Å². The van der Waals surface area contributed by atoms with Crippen LogP contribution in [0.25, 0.3) is 0 Å². The number of nitrogens with zero attached hydrogens (tertiary/aromatic N) is 1. The molecule has 0 aromatic rings. The highest BCUT2D eigenvalue weighted by Gasteiger charge is 2.32. The van der Waals surface area contributed by atoms with Crippen LogP contribution < -0.4 is 5.32 Å². The van der Waals surface area contributed by atoms with Crippen LogP contribution in [-0.2, 0) is 0 Å². The molecule has 0 aromatic heterocycles. The van der Waals surface area contributed by atoms with E-state index in [0.717, 1.165) is 24.5 Å². The van der Waals surface area contributed by atoms with Gasteiger partial charge in [0.15, 0.2) is 0 Å². The molecule has 2 nitrogen and oxygen atoms in total.